The van der Waals surface area contributed by atoms with Crippen LogP contribution in [0.25, 0.3) is 0 Å². The Hall–Kier alpha value is -2.86. The molecule has 0 unspecified atom stereocenters. The zero-order valence-electron chi connectivity index (χ0n) is 17.5. The van der Waals surface area contributed by atoms with Crippen LogP contribution in [-0.2, 0) is 6.54 Å². The van der Waals surface area contributed by atoms with Crippen molar-refractivity contribution in [3.63, 3.8) is 0 Å². The molecule has 2 aromatic carbocycles. The summed E-state index contributed by atoms with van der Waals surface area (Å²) < 4.78 is 0. The summed E-state index contributed by atoms with van der Waals surface area (Å²) >= 11 is 0. The standard InChI is InChI=1S/C24H31N5O/c25-23(26)20-9-6-10-22(17-20)29-14-5-4-13-28(24(29)30)21-11-15-27(16-12-21)18-19-7-2-1-3-8-19/h1-3,6-10,17,21H,4-5,11-16,18H2,(H3,25,26). The maximum atomic E-state index is 13.5. The van der Waals surface area contributed by atoms with Crippen LogP contribution in [0.5, 0.6) is 0 Å². The van der Waals surface area contributed by atoms with Gasteiger partial charge in [-0.05, 0) is 43.4 Å². The van der Waals surface area contributed by atoms with Crippen LogP contribution in [0.15, 0.2) is 54.6 Å². The van der Waals surface area contributed by atoms with E-state index in [0.717, 1.165) is 57.5 Å². The Labute approximate surface area is 178 Å². The fraction of sp³-hybridized carbons (Fsp3) is 0.417. The Morgan fingerprint density at radius 1 is 0.967 bits per heavy atom. The number of hydrogen-bond acceptors (Lipinski definition) is 3. The van der Waals surface area contributed by atoms with Crippen LogP contribution in [-0.4, -0.2) is 53.9 Å². The molecule has 0 radical (unpaired) electrons. The normalized spacial score (nSPS) is 19.0. The Bertz CT molecular complexity index is 876. The van der Waals surface area contributed by atoms with Gasteiger partial charge in [-0.25, -0.2) is 4.79 Å². The third-order valence-corrected chi connectivity index (χ3v) is 6.22. The summed E-state index contributed by atoms with van der Waals surface area (Å²) in [6.07, 6.45) is 4.04. The molecule has 2 aliphatic heterocycles. The van der Waals surface area contributed by atoms with Gasteiger partial charge < -0.3 is 10.6 Å². The van der Waals surface area contributed by atoms with Crippen molar-refractivity contribution in [3.05, 3.63) is 65.7 Å². The van der Waals surface area contributed by atoms with Gasteiger partial charge in [0.25, 0.3) is 0 Å². The van der Waals surface area contributed by atoms with Crippen molar-refractivity contribution >= 4 is 17.6 Å². The summed E-state index contributed by atoms with van der Waals surface area (Å²) in [5, 5.41) is 7.70. The van der Waals surface area contributed by atoms with Crippen molar-refractivity contribution in [2.45, 2.75) is 38.3 Å². The van der Waals surface area contributed by atoms with E-state index < -0.39 is 0 Å². The predicted octanol–water partition coefficient (Wildman–Crippen LogP) is 3.66. The number of piperidine rings is 1. The summed E-state index contributed by atoms with van der Waals surface area (Å²) in [6.45, 7) is 4.55. The lowest BCUT2D eigenvalue weighted by atomic mass is 10.0. The lowest BCUT2D eigenvalue weighted by molar-refractivity contribution is 0.122. The summed E-state index contributed by atoms with van der Waals surface area (Å²) in [5.41, 5.74) is 8.49. The number of nitrogen functional groups attached to an aromatic ring is 1. The summed E-state index contributed by atoms with van der Waals surface area (Å²) in [4.78, 5) is 19.9. The summed E-state index contributed by atoms with van der Waals surface area (Å²) in [5.74, 6) is 0.0294. The van der Waals surface area contributed by atoms with Crippen LogP contribution in [0.1, 0.15) is 36.8 Å². The van der Waals surface area contributed by atoms with Gasteiger partial charge in [0, 0.05) is 50.0 Å². The molecule has 2 amide bonds. The fourth-order valence-corrected chi connectivity index (χ4v) is 4.55. The van der Waals surface area contributed by atoms with Crippen LogP contribution in [0.3, 0.4) is 0 Å². The van der Waals surface area contributed by atoms with E-state index in [0.29, 0.717) is 18.2 Å². The van der Waals surface area contributed by atoms with Gasteiger partial charge in [-0.3, -0.25) is 15.2 Å². The number of urea groups is 1. The van der Waals surface area contributed by atoms with E-state index in [4.69, 9.17) is 11.1 Å². The molecule has 2 heterocycles. The van der Waals surface area contributed by atoms with E-state index in [9.17, 15) is 4.79 Å². The fourth-order valence-electron chi connectivity index (χ4n) is 4.55. The number of hydrogen-bond donors (Lipinski definition) is 2. The average molecular weight is 406 g/mol. The van der Waals surface area contributed by atoms with Crippen molar-refractivity contribution in [3.8, 4) is 0 Å². The second-order valence-electron chi connectivity index (χ2n) is 8.29. The van der Waals surface area contributed by atoms with Crippen LogP contribution in [0.4, 0.5) is 10.5 Å². The molecule has 2 saturated heterocycles. The quantitative estimate of drug-likeness (QED) is 0.589. The zero-order chi connectivity index (χ0) is 20.9. The monoisotopic (exact) mass is 405 g/mol. The van der Waals surface area contributed by atoms with E-state index in [-0.39, 0.29) is 11.9 Å². The number of nitrogens with one attached hydrogen (secondary N) is 1. The summed E-state index contributed by atoms with van der Waals surface area (Å²) in [7, 11) is 0. The lowest BCUT2D eigenvalue weighted by Gasteiger charge is -2.39. The minimum Gasteiger partial charge on any atom is -0.384 e. The molecular formula is C24H31N5O. The minimum atomic E-state index is 0.0294. The highest BCUT2D eigenvalue weighted by Crippen LogP contribution is 2.26. The molecule has 0 aromatic heterocycles. The number of carbonyl (C=O) groups is 1. The molecule has 2 aromatic rings. The molecule has 0 atom stereocenters. The number of amides is 2. The zero-order valence-corrected chi connectivity index (χ0v) is 17.5. The highest BCUT2D eigenvalue weighted by Gasteiger charge is 2.32. The smallest absolute Gasteiger partial charge is 0.324 e. The van der Waals surface area contributed by atoms with Crippen LogP contribution < -0.4 is 10.6 Å². The first-order valence-corrected chi connectivity index (χ1v) is 10.9. The molecule has 6 heteroatoms. The topological polar surface area (TPSA) is 76.7 Å². The van der Waals surface area contributed by atoms with Gasteiger partial charge in [0.2, 0.25) is 0 Å². The lowest BCUT2D eigenvalue weighted by Crippen LogP contribution is -2.51. The van der Waals surface area contributed by atoms with E-state index in [2.05, 4.69) is 40.1 Å². The number of rotatable bonds is 5. The van der Waals surface area contributed by atoms with Crippen LogP contribution >= 0.6 is 0 Å². The van der Waals surface area contributed by atoms with Crippen molar-refractivity contribution in [1.29, 1.82) is 5.41 Å². The molecular weight excluding hydrogens is 374 g/mol. The molecule has 158 valence electrons. The SMILES string of the molecule is N=C(N)c1cccc(N2CCCCN(C3CCN(Cc4ccccc4)CC3)C2=O)c1. The largest absolute Gasteiger partial charge is 0.384 e. The molecule has 30 heavy (non-hydrogen) atoms. The molecule has 2 aliphatic rings. The van der Waals surface area contributed by atoms with Gasteiger partial charge in [-0.15, -0.1) is 0 Å². The Morgan fingerprint density at radius 3 is 2.43 bits per heavy atom. The Morgan fingerprint density at radius 2 is 1.70 bits per heavy atom. The second kappa shape index (κ2) is 9.30. The first-order valence-electron chi connectivity index (χ1n) is 10.9. The van der Waals surface area contributed by atoms with Crippen molar-refractivity contribution < 1.29 is 4.79 Å². The average Bonchev–Trinajstić information content (AvgIpc) is 2.97. The first-order chi connectivity index (χ1) is 14.6. The second-order valence-corrected chi connectivity index (χ2v) is 8.29. The third-order valence-electron chi connectivity index (χ3n) is 6.22. The van der Waals surface area contributed by atoms with Gasteiger partial charge in [0.05, 0.1) is 0 Å². The maximum Gasteiger partial charge on any atom is 0.324 e. The van der Waals surface area contributed by atoms with Gasteiger partial charge in [-0.1, -0.05) is 42.5 Å². The van der Waals surface area contributed by atoms with Gasteiger partial charge in [-0.2, -0.15) is 0 Å². The number of carbonyl (C=O) groups excluding carboxylic acids is 1. The third kappa shape index (κ3) is 4.65. The highest BCUT2D eigenvalue weighted by molar-refractivity contribution is 5.98. The molecule has 0 aliphatic carbocycles. The van der Waals surface area contributed by atoms with Crippen molar-refractivity contribution in [2.24, 2.45) is 5.73 Å². The molecule has 3 N–H and O–H groups in total. The van der Waals surface area contributed by atoms with Crippen molar-refractivity contribution in [2.75, 3.05) is 31.1 Å². The number of nitrogens with two attached hydrogens (primary N) is 1. The molecule has 6 nitrogen and oxygen atoms in total. The number of benzene rings is 2. The van der Waals surface area contributed by atoms with Crippen LogP contribution in [0.2, 0.25) is 0 Å². The van der Waals surface area contributed by atoms with E-state index in [1.165, 1.54) is 5.56 Å². The summed E-state index contributed by atoms with van der Waals surface area (Å²) in [6, 6.07) is 18.5. The number of amidine groups is 1. The maximum absolute atomic E-state index is 13.5. The minimum absolute atomic E-state index is 0.0294. The molecule has 4 rings (SSSR count). The molecule has 2 fully saturated rings. The van der Waals surface area contributed by atoms with E-state index in [1.54, 1.807) is 0 Å². The molecule has 0 bridgehead atoms. The first kappa shape index (κ1) is 20.4. The van der Waals surface area contributed by atoms with E-state index >= 15 is 0 Å². The molecule has 0 saturated carbocycles. The van der Waals surface area contributed by atoms with Gasteiger partial charge in [0.1, 0.15) is 5.84 Å². The predicted molar refractivity (Wildman–Crippen MR) is 121 cm³/mol. The Balaban J connectivity index is 1.42. The van der Waals surface area contributed by atoms with Crippen molar-refractivity contribution in [1.82, 2.24) is 9.80 Å². The number of anilines is 1. The van der Waals surface area contributed by atoms with Gasteiger partial charge in [0.15, 0.2) is 0 Å². The van der Waals surface area contributed by atoms with Gasteiger partial charge >= 0.3 is 6.03 Å². The molecule has 0 spiro atoms. The van der Waals surface area contributed by atoms with E-state index in [1.807, 2.05) is 29.2 Å². The number of likely N-dealkylation sites (tertiary alicyclic amines) is 1. The van der Waals surface area contributed by atoms with Crippen LogP contribution in [0, 0.1) is 5.41 Å². The Kier molecular flexibility index (Phi) is 6.33. The highest BCUT2D eigenvalue weighted by atomic mass is 16.2. The number of nitrogens with zero attached hydrogens (tertiary/aromatic N) is 3.